The molecule has 0 saturated carbocycles. The van der Waals surface area contributed by atoms with Gasteiger partial charge in [-0.15, -0.1) is 0 Å². The topological polar surface area (TPSA) is 60.0 Å². The minimum atomic E-state index is -0.133. The number of nitrogens with zero attached hydrogens (tertiary/aromatic N) is 1. The molecule has 0 aliphatic carbocycles. The van der Waals surface area contributed by atoms with Crippen LogP contribution in [-0.4, -0.2) is 38.8 Å². The molecule has 6 nitrogen and oxygen atoms in total. The Morgan fingerprint density at radius 1 is 1.00 bits per heavy atom. The lowest BCUT2D eigenvalue weighted by Crippen LogP contribution is -2.34. The Labute approximate surface area is 153 Å². The van der Waals surface area contributed by atoms with Crippen LogP contribution in [0.4, 0.5) is 10.5 Å². The van der Waals surface area contributed by atoms with Gasteiger partial charge in [0.05, 0.1) is 33.1 Å². The van der Waals surface area contributed by atoms with Gasteiger partial charge in [-0.1, -0.05) is 12.1 Å². The van der Waals surface area contributed by atoms with Crippen LogP contribution in [0.3, 0.4) is 0 Å². The van der Waals surface area contributed by atoms with E-state index in [1.165, 1.54) is 0 Å². The van der Waals surface area contributed by atoms with E-state index in [2.05, 4.69) is 5.32 Å². The number of anilines is 1. The third kappa shape index (κ3) is 3.69. The van der Waals surface area contributed by atoms with Crippen molar-refractivity contribution in [2.24, 2.45) is 0 Å². The Bertz CT molecular complexity index is 761. The number of methoxy groups -OCH3 is 3. The number of benzene rings is 2. The van der Waals surface area contributed by atoms with Crippen LogP contribution in [0, 0.1) is 0 Å². The van der Waals surface area contributed by atoms with Gasteiger partial charge in [0.2, 0.25) is 0 Å². The van der Waals surface area contributed by atoms with Gasteiger partial charge in [-0.05, 0) is 42.7 Å². The highest BCUT2D eigenvalue weighted by atomic mass is 16.5. The number of hydrogen-bond donors (Lipinski definition) is 1. The summed E-state index contributed by atoms with van der Waals surface area (Å²) in [5, 5.41) is 2.96. The Morgan fingerprint density at radius 2 is 1.69 bits per heavy atom. The highest BCUT2D eigenvalue weighted by molar-refractivity contribution is 5.91. The monoisotopic (exact) mass is 356 g/mol. The molecule has 0 bridgehead atoms. The smallest absolute Gasteiger partial charge is 0.322 e. The average molecular weight is 356 g/mol. The number of nitrogens with one attached hydrogen (secondary N) is 1. The SMILES string of the molecule is COc1ccc([C@@H]2CCCN2C(=O)Nc2ccc(OC)cc2OC)cc1. The van der Waals surface area contributed by atoms with Crippen molar-refractivity contribution < 1.29 is 19.0 Å². The van der Waals surface area contributed by atoms with Crippen molar-refractivity contribution >= 4 is 11.7 Å². The van der Waals surface area contributed by atoms with Crippen molar-refractivity contribution in [3.05, 3.63) is 48.0 Å². The molecule has 0 spiro atoms. The third-order valence-corrected chi connectivity index (χ3v) is 4.66. The van der Waals surface area contributed by atoms with Crippen molar-refractivity contribution in [2.75, 3.05) is 33.2 Å². The van der Waals surface area contributed by atoms with Gasteiger partial charge in [-0.25, -0.2) is 4.79 Å². The fourth-order valence-corrected chi connectivity index (χ4v) is 3.27. The molecule has 138 valence electrons. The number of likely N-dealkylation sites (tertiary alicyclic amines) is 1. The second-order valence-corrected chi connectivity index (χ2v) is 6.12. The minimum absolute atomic E-state index is 0.0603. The summed E-state index contributed by atoms with van der Waals surface area (Å²) < 4.78 is 15.8. The van der Waals surface area contributed by atoms with Crippen LogP contribution in [-0.2, 0) is 0 Å². The van der Waals surface area contributed by atoms with Gasteiger partial charge in [0.25, 0.3) is 0 Å². The van der Waals surface area contributed by atoms with Gasteiger partial charge in [0.1, 0.15) is 17.2 Å². The number of carbonyl (C=O) groups excluding carboxylic acids is 1. The maximum absolute atomic E-state index is 12.8. The number of amides is 2. The summed E-state index contributed by atoms with van der Waals surface area (Å²) >= 11 is 0. The van der Waals surface area contributed by atoms with Crippen LogP contribution in [0.1, 0.15) is 24.4 Å². The van der Waals surface area contributed by atoms with Gasteiger partial charge in [-0.2, -0.15) is 0 Å². The predicted octanol–water partition coefficient (Wildman–Crippen LogP) is 4.08. The molecule has 1 aliphatic rings. The fourth-order valence-electron chi connectivity index (χ4n) is 3.27. The maximum Gasteiger partial charge on any atom is 0.322 e. The van der Waals surface area contributed by atoms with Crippen molar-refractivity contribution in [1.82, 2.24) is 4.90 Å². The zero-order chi connectivity index (χ0) is 18.5. The lowest BCUT2D eigenvalue weighted by Gasteiger charge is -2.26. The van der Waals surface area contributed by atoms with Gasteiger partial charge in [0, 0.05) is 12.6 Å². The van der Waals surface area contributed by atoms with E-state index in [0.717, 1.165) is 30.7 Å². The quantitative estimate of drug-likeness (QED) is 0.877. The summed E-state index contributed by atoms with van der Waals surface area (Å²) in [6, 6.07) is 13.1. The molecule has 0 aromatic heterocycles. The van der Waals surface area contributed by atoms with Crippen LogP contribution >= 0.6 is 0 Å². The normalized spacial score (nSPS) is 16.3. The van der Waals surface area contributed by atoms with E-state index in [9.17, 15) is 4.79 Å². The molecule has 0 radical (unpaired) electrons. The molecule has 1 saturated heterocycles. The Kier molecular flexibility index (Phi) is 5.51. The van der Waals surface area contributed by atoms with E-state index in [-0.39, 0.29) is 12.1 Å². The summed E-state index contributed by atoms with van der Waals surface area (Å²) in [6.07, 6.45) is 1.92. The minimum Gasteiger partial charge on any atom is -0.497 e. The molecule has 1 heterocycles. The predicted molar refractivity (Wildman–Crippen MR) is 100 cm³/mol. The highest BCUT2D eigenvalue weighted by Crippen LogP contribution is 2.34. The van der Waals surface area contributed by atoms with Crippen molar-refractivity contribution in [2.45, 2.75) is 18.9 Å². The third-order valence-electron chi connectivity index (χ3n) is 4.66. The Morgan fingerprint density at radius 3 is 2.35 bits per heavy atom. The number of ether oxygens (including phenoxy) is 3. The number of rotatable bonds is 5. The molecule has 1 N–H and O–H groups in total. The van der Waals surface area contributed by atoms with Crippen molar-refractivity contribution in [3.63, 3.8) is 0 Å². The Balaban J connectivity index is 1.76. The largest absolute Gasteiger partial charge is 0.497 e. The van der Waals surface area contributed by atoms with Crippen LogP contribution in [0.2, 0.25) is 0 Å². The molecular weight excluding hydrogens is 332 g/mol. The zero-order valence-electron chi connectivity index (χ0n) is 15.3. The van der Waals surface area contributed by atoms with Crippen molar-refractivity contribution in [1.29, 1.82) is 0 Å². The van der Waals surface area contributed by atoms with Gasteiger partial charge in [-0.3, -0.25) is 0 Å². The van der Waals surface area contributed by atoms with Gasteiger partial charge >= 0.3 is 6.03 Å². The highest BCUT2D eigenvalue weighted by Gasteiger charge is 2.30. The lowest BCUT2D eigenvalue weighted by molar-refractivity contribution is 0.207. The summed E-state index contributed by atoms with van der Waals surface area (Å²) in [4.78, 5) is 14.7. The first kappa shape index (κ1) is 17.9. The second-order valence-electron chi connectivity index (χ2n) is 6.12. The Hall–Kier alpha value is -2.89. The first-order chi connectivity index (χ1) is 12.7. The number of hydrogen-bond acceptors (Lipinski definition) is 4. The van der Waals surface area contributed by atoms with E-state index in [1.807, 2.05) is 29.2 Å². The van der Waals surface area contributed by atoms with E-state index >= 15 is 0 Å². The fraction of sp³-hybridized carbons (Fsp3) is 0.350. The van der Waals surface area contributed by atoms with E-state index in [0.29, 0.717) is 17.2 Å². The molecular formula is C20H24N2O4. The average Bonchev–Trinajstić information content (AvgIpc) is 3.18. The molecule has 1 atom stereocenters. The molecule has 3 rings (SSSR count). The maximum atomic E-state index is 12.8. The molecule has 2 amide bonds. The van der Waals surface area contributed by atoms with E-state index < -0.39 is 0 Å². The lowest BCUT2D eigenvalue weighted by atomic mass is 10.0. The molecule has 2 aromatic rings. The van der Waals surface area contributed by atoms with Crippen LogP contribution in [0.25, 0.3) is 0 Å². The van der Waals surface area contributed by atoms with Crippen LogP contribution < -0.4 is 19.5 Å². The first-order valence-electron chi connectivity index (χ1n) is 8.60. The molecule has 26 heavy (non-hydrogen) atoms. The van der Waals surface area contributed by atoms with E-state index in [1.54, 1.807) is 39.5 Å². The number of urea groups is 1. The summed E-state index contributed by atoms with van der Waals surface area (Å²) in [5.74, 6) is 2.06. The summed E-state index contributed by atoms with van der Waals surface area (Å²) in [5.41, 5.74) is 1.74. The van der Waals surface area contributed by atoms with Gasteiger partial charge < -0.3 is 24.4 Å². The second kappa shape index (κ2) is 7.99. The van der Waals surface area contributed by atoms with Crippen molar-refractivity contribution in [3.8, 4) is 17.2 Å². The zero-order valence-corrected chi connectivity index (χ0v) is 15.3. The van der Waals surface area contributed by atoms with E-state index in [4.69, 9.17) is 14.2 Å². The summed E-state index contributed by atoms with van der Waals surface area (Å²) in [7, 11) is 4.81. The standard InChI is InChI=1S/C20H24N2O4/c1-24-15-8-6-14(7-9-15)18-5-4-12-22(18)20(23)21-17-11-10-16(25-2)13-19(17)26-3/h6-11,13,18H,4-5,12H2,1-3H3,(H,21,23)/t18-/m0/s1. The van der Waals surface area contributed by atoms with Crippen LogP contribution in [0.5, 0.6) is 17.2 Å². The molecule has 6 heteroatoms. The molecule has 2 aromatic carbocycles. The number of carbonyl (C=O) groups is 1. The molecule has 1 aliphatic heterocycles. The first-order valence-corrected chi connectivity index (χ1v) is 8.60. The van der Waals surface area contributed by atoms with Gasteiger partial charge in [0.15, 0.2) is 0 Å². The summed E-state index contributed by atoms with van der Waals surface area (Å²) in [6.45, 7) is 0.723. The molecule has 1 fully saturated rings. The molecule has 0 unspecified atom stereocenters. The van der Waals surface area contributed by atoms with Crippen LogP contribution in [0.15, 0.2) is 42.5 Å².